The fourth-order valence-electron chi connectivity index (χ4n) is 4.41. The molecule has 31 heavy (non-hydrogen) atoms. The van der Waals surface area contributed by atoms with Crippen molar-refractivity contribution in [2.24, 2.45) is 0 Å². The van der Waals surface area contributed by atoms with E-state index in [9.17, 15) is 4.39 Å². The third-order valence-electron chi connectivity index (χ3n) is 6.31. The number of imidazole rings is 1. The first-order valence-electron chi connectivity index (χ1n) is 11.1. The van der Waals surface area contributed by atoms with Gasteiger partial charge in [0.15, 0.2) is 17.0 Å². The zero-order valence-electron chi connectivity index (χ0n) is 18.4. The molecule has 3 aromatic heterocycles. The normalized spacial score (nSPS) is 20.9. The number of hydrogen-bond donors (Lipinski definition) is 1. The summed E-state index contributed by atoms with van der Waals surface area (Å²) in [5.74, 6) is 1.17. The van der Waals surface area contributed by atoms with E-state index < -0.39 is 6.17 Å². The van der Waals surface area contributed by atoms with Gasteiger partial charge in [-0.3, -0.25) is 4.68 Å². The van der Waals surface area contributed by atoms with Crippen LogP contribution in [0.5, 0.6) is 0 Å². The maximum atomic E-state index is 13.8. The lowest BCUT2D eigenvalue weighted by atomic mass is 10.1. The van der Waals surface area contributed by atoms with Gasteiger partial charge in [0, 0.05) is 18.8 Å². The number of piperidine rings is 1. The Morgan fingerprint density at radius 2 is 1.94 bits per heavy atom. The molecule has 0 saturated carbocycles. The molecule has 0 radical (unpaired) electrons. The van der Waals surface area contributed by atoms with Gasteiger partial charge < -0.3 is 19.7 Å². The molecule has 10 heteroatoms. The van der Waals surface area contributed by atoms with Gasteiger partial charge in [0.25, 0.3) is 0 Å². The van der Waals surface area contributed by atoms with Crippen molar-refractivity contribution in [2.45, 2.75) is 51.4 Å². The van der Waals surface area contributed by atoms with Crippen molar-refractivity contribution < 1.29 is 4.39 Å². The van der Waals surface area contributed by atoms with Crippen LogP contribution in [0.25, 0.3) is 11.2 Å². The van der Waals surface area contributed by atoms with E-state index in [0.717, 1.165) is 37.3 Å². The second-order valence-electron chi connectivity index (χ2n) is 8.99. The number of anilines is 3. The molecular formula is C21H30FN9. The molecule has 1 atom stereocenters. The highest BCUT2D eigenvalue weighted by Crippen LogP contribution is 2.29. The second kappa shape index (κ2) is 8.07. The van der Waals surface area contributed by atoms with Crippen LogP contribution in [0.3, 0.4) is 0 Å². The Morgan fingerprint density at radius 3 is 2.65 bits per heavy atom. The largest absolute Gasteiger partial charge is 0.338 e. The van der Waals surface area contributed by atoms with E-state index in [-0.39, 0.29) is 6.04 Å². The molecule has 0 spiro atoms. The quantitative estimate of drug-likeness (QED) is 0.670. The van der Waals surface area contributed by atoms with Gasteiger partial charge in [0.05, 0.1) is 30.8 Å². The molecule has 166 valence electrons. The predicted octanol–water partition coefficient (Wildman–Crippen LogP) is 3.16. The molecule has 1 unspecified atom stereocenters. The molecule has 2 fully saturated rings. The molecule has 5 rings (SSSR count). The smallest absolute Gasteiger partial charge is 0.229 e. The van der Waals surface area contributed by atoms with E-state index in [0.29, 0.717) is 42.8 Å². The molecule has 1 N–H and O–H groups in total. The summed E-state index contributed by atoms with van der Waals surface area (Å²) in [4.78, 5) is 18.3. The van der Waals surface area contributed by atoms with E-state index >= 15 is 0 Å². The van der Waals surface area contributed by atoms with Gasteiger partial charge in [0.1, 0.15) is 6.17 Å². The average Bonchev–Trinajstić information content (AvgIpc) is 3.48. The van der Waals surface area contributed by atoms with Gasteiger partial charge in [-0.25, -0.2) is 9.37 Å². The first kappa shape index (κ1) is 20.2. The molecule has 2 aliphatic heterocycles. The third-order valence-corrected chi connectivity index (χ3v) is 6.31. The highest BCUT2D eigenvalue weighted by Gasteiger charge is 2.26. The minimum atomic E-state index is -0.835. The van der Waals surface area contributed by atoms with Crippen LogP contribution in [0.2, 0.25) is 0 Å². The van der Waals surface area contributed by atoms with Crippen molar-refractivity contribution >= 4 is 28.6 Å². The molecule has 0 bridgehead atoms. The van der Waals surface area contributed by atoms with Crippen LogP contribution in [0, 0.1) is 0 Å². The number of hydrogen-bond acceptors (Lipinski definition) is 7. The minimum Gasteiger partial charge on any atom is -0.338 e. The summed E-state index contributed by atoms with van der Waals surface area (Å²) in [6.07, 6.45) is 7.53. The van der Waals surface area contributed by atoms with Gasteiger partial charge in [-0.05, 0) is 53.2 Å². The van der Waals surface area contributed by atoms with Crippen LogP contribution >= 0.6 is 0 Å². The fourth-order valence-corrected chi connectivity index (χ4v) is 4.41. The Kier molecular flexibility index (Phi) is 5.25. The van der Waals surface area contributed by atoms with Crippen molar-refractivity contribution in [3.63, 3.8) is 0 Å². The van der Waals surface area contributed by atoms with Crippen LogP contribution < -0.4 is 10.2 Å². The van der Waals surface area contributed by atoms with Gasteiger partial charge in [-0.15, -0.1) is 0 Å². The second-order valence-corrected chi connectivity index (χ2v) is 8.99. The zero-order valence-corrected chi connectivity index (χ0v) is 18.4. The van der Waals surface area contributed by atoms with Gasteiger partial charge in [0.2, 0.25) is 5.95 Å². The number of alkyl halides is 1. The number of rotatable bonds is 5. The number of halogens is 1. The minimum absolute atomic E-state index is 0.209. The molecule has 5 heterocycles. The Morgan fingerprint density at radius 1 is 1.13 bits per heavy atom. The van der Waals surface area contributed by atoms with E-state index in [4.69, 9.17) is 9.97 Å². The summed E-state index contributed by atoms with van der Waals surface area (Å²) >= 11 is 0. The number of aromatic nitrogens is 6. The summed E-state index contributed by atoms with van der Waals surface area (Å²) in [6.45, 7) is 7.30. The highest BCUT2D eigenvalue weighted by atomic mass is 19.1. The monoisotopic (exact) mass is 427 g/mol. The van der Waals surface area contributed by atoms with Crippen molar-refractivity contribution in [3.05, 3.63) is 18.7 Å². The number of nitrogens with zero attached hydrogens (tertiary/aromatic N) is 8. The molecule has 0 aliphatic carbocycles. The van der Waals surface area contributed by atoms with Crippen molar-refractivity contribution in [3.8, 4) is 0 Å². The molecule has 9 nitrogen and oxygen atoms in total. The Hall–Kier alpha value is -2.75. The summed E-state index contributed by atoms with van der Waals surface area (Å²) in [6, 6.07) is 0.624. The van der Waals surface area contributed by atoms with E-state index in [1.54, 1.807) is 6.33 Å². The average molecular weight is 428 g/mol. The third kappa shape index (κ3) is 3.96. The molecule has 2 aliphatic rings. The Bertz CT molecular complexity index is 1050. The first-order valence-corrected chi connectivity index (χ1v) is 11.1. The zero-order chi connectivity index (χ0) is 21.5. The maximum absolute atomic E-state index is 13.8. The van der Waals surface area contributed by atoms with Crippen LogP contribution in [-0.4, -0.2) is 73.6 Å². The molecular weight excluding hydrogens is 397 g/mol. The van der Waals surface area contributed by atoms with Crippen LogP contribution in [0.15, 0.2) is 18.7 Å². The molecule has 0 amide bonds. The van der Waals surface area contributed by atoms with Crippen LogP contribution in [-0.2, 0) is 0 Å². The summed E-state index contributed by atoms with van der Waals surface area (Å²) in [5.41, 5.74) is 2.33. The van der Waals surface area contributed by atoms with Crippen LogP contribution in [0.4, 0.5) is 21.8 Å². The summed E-state index contributed by atoms with van der Waals surface area (Å²) in [7, 11) is 2.16. The predicted molar refractivity (Wildman–Crippen MR) is 119 cm³/mol. The summed E-state index contributed by atoms with van der Waals surface area (Å²) < 4.78 is 17.9. The number of nitrogens with one attached hydrogen (secondary N) is 1. The molecule has 2 saturated heterocycles. The number of fused-ring (bicyclic) bond motifs is 1. The van der Waals surface area contributed by atoms with Gasteiger partial charge in [-0.1, -0.05) is 0 Å². The van der Waals surface area contributed by atoms with Crippen molar-refractivity contribution in [1.82, 2.24) is 34.2 Å². The lowest BCUT2D eigenvalue weighted by Crippen LogP contribution is -2.31. The van der Waals surface area contributed by atoms with Gasteiger partial charge in [-0.2, -0.15) is 15.1 Å². The SMILES string of the molecule is CC(C)n1cnc2c(Nc3cnn(C4CCN(C)CC4)c3)nc(N3CCC(F)C3)nc21. The van der Waals surface area contributed by atoms with Gasteiger partial charge >= 0.3 is 0 Å². The lowest BCUT2D eigenvalue weighted by Gasteiger charge is -2.28. The number of likely N-dealkylation sites (tertiary alicyclic amines) is 1. The summed E-state index contributed by atoms with van der Waals surface area (Å²) in [5, 5.41) is 7.99. The Balaban J connectivity index is 1.46. The van der Waals surface area contributed by atoms with E-state index in [1.165, 1.54) is 0 Å². The van der Waals surface area contributed by atoms with Crippen molar-refractivity contribution in [2.75, 3.05) is 43.4 Å². The topological polar surface area (TPSA) is 79.9 Å². The molecule has 3 aromatic rings. The first-order chi connectivity index (χ1) is 15.0. The van der Waals surface area contributed by atoms with E-state index in [1.807, 2.05) is 21.9 Å². The molecule has 0 aromatic carbocycles. The van der Waals surface area contributed by atoms with E-state index in [2.05, 4.69) is 45.9 Å². The standard InChI is InChI=1S/C21H30FN9/c1-14(2)30-13-23-18-19(26-21(27-20(18)30)29-9-4-15(22)11-29)25-16-10-24-31(12-16)17-5-7-28(3)8-6-17/h10,12-15,17H,4-9,11H2,1-3H3,(H,25,26,27). The lowest BCUT2D eigenvalue weighted by molar-refractivity contribution is 0.212. The Labute approximate surface area is 181 Å². The van der Waals surface area contributed by atoms with Crippen LogP contribution in [0.1, 0.15) is 45.2 Å². The van der Waals surface area contributed by atoms with Crippen molar-refractivity contribution in [1.29, 1.82) is 0 Å². The fraction of sp³-hybridized carbons (Fsp3) is 0.619. The highest BCUT2D eigenvalue weighted by molar-refractivity contribution is 5.86. The maximum Gasteiger partial charge on any atom is 0.229 e.